The Morgan fingerprint density at radius 1 is 1.20 bits per heavy atom. The summed E-state index contributed by atoms with van der Waals surface area (Å²) in [5, 5.41) is 3.89. The summed E-state index contributed by atoms with van der Waals surface area (Å²) >= 11 is 1.42. The van der Waals surface area contributed by atoms with Crippen molar-refractivity contribution in [2.75, 3.05) is 5.75 Å². The number of rotatable bonds is 5. The Labute approximate surface area is 152 Å². The van der Waals surface area contributed by atoms with E-state index in [1.54, 1.807) is 0 Å². The first-order valence-corrected chi connectivity index (χ1v) is 9.99. The highest BCUT2D eigenvalue weighted by molar-refractivity contribution is 7.99. The fourth-order valence-electron chi connectivity index (χ4n) is 4.16. The van der Waals surface area contributed by atoms with E-state index in [0.29, 0.717) is 22.9 Å². The number of nitrogens with one attached hydrogen (secondary N) is 1. The van der Waals surface area contributed by atoms with Crippen molar-refractivity contribution in [2.45, 2.75) is 43.8 Å². The normalized spacial score (nSPS) is 24.4. The molecule has 5 heteroatoms. The molecule has 2 fully saturated rings. The molecule has 0 spiro atoms. The van der Waals surface area contributed by atoms with Gasteiger partial charge in [0.1, 0.15) is 0 Å². The number of hydrogen-bond donors (Lipinski definition) is 1. The van der Waals surface area contributed by atoms with Crippen molar-refractivity contribution >= 4 is 17.7 Å². The van der Waals surface area contributed by atoms with Crippen LogP contribution in [0.25, 0.3) is 11.3 Å². The van der Waals surface area contributed by atoms with Gasteiger partial charge in [-0.25, -0.2) is 9.97 Å². The second-order valence-corrected chi connectivity index (χ2v) is 8.12. The van der Waals surface area contributed by atoms with Crippen LogP contribution in [0.2, 0.25) is 0 Å². The van der Waals surface area contributed by atoms with Gasteiger partial charge in [-0.15, -0.1) is 0 Å². The highest BCUT2D eigenvalue weighted by Gasteiger charge is 2.39. The second kappa shape index (κ2) is 7.16. The zero-order valence-corrected chi connectivity index (χ0v) is 15.3. The summed E-state index contributed by atoms with van der Waals surface area (Å²) in [4.78, 5) is 21.4. The summed E-state index contributed by atoms with van der Waals surface area (Å²) < 4.78 is 0. The molecule has 0 saturated heterocycles. The number of benzene rings is 1. The van der Waals surface area contributed by atoms with E-state index >= 15 is 0 Å². The molecule has 2 aliphatic carbocycles. The Morgan fingerprint density at radius 3 is 2.76 bits per heavy atom. The lowest BCUT2D eigenvalue weighted by Gasteiger charge is -2.22. The maximum atomic E-state index is 12.3. The minimum atomic E-state index is 0.105. The third kappa shape index (κ3) is 3.87. The molecule has 1 aromatic heterocycles. The molecule has 0 aliphatic heterocycles. The molecule has 0 radical (unpaired) electrons. The van der Waals surface area contributed by atoms with Crippen LogP contribution < -0.4 is 5.32 Å². The monoisotopic (exact) mass is 353 g/mol. The van der Waals surface area contributed by atoms with E-state index in [1.807, 2.05) is 43.3 Å². The maximum absolute atomic E-state index is 12.3. The summed E-state index contributed by atoms with van der Waals surface area (Å²) in [7, 11) is 0. The standard InChI is InChI=1S/C20H23N3OS/c1-13-9-17(15-5-3-2-4-6-15)23-20(21-13)25-12-19(24)22-18-11-14-7-8-16(18)10-14/h2-6,9,14,16,18H,7-8,10-12H2,1H3,(H,22,24)/t14-,16-,18-/m1/s1. The van der Waals surface area contributed by atoms with Crippen LogP contribution in [0.15, 0.2) is 41.6 Å². The van der Waals surface area contributed by atoms with Gasteiger partial charge in [0.2, 0.25) is 5.91 Å². The van der Waals surface area contributed by atoms with Crippen LogP contribution in [0.3, 0.4) is 0 Å². The van der Waals surface area contributed by atoms with Gasteiger partial charge in [0.25, 0.3) is 0 Å². The van der Waals surface area contributed by atoms with Gasteiger partial charge < -0.3 is 5.32 Å². The Bertz CT molecular complexity index is 765. The highest BCUT2D eigenvalue weighted by atomic mass is 32.2. The van der Waals surface area contributed by atoms with Gasteiger partial charge in [0.05, 0.1) is 11.4 Å². The molecule has 0 unspecified atom stereocenters. The second-order valence-electron chi connectivity index (χ2n) is 7.18. The number of fused-ring (bicyclic) bond motifs is 2. The van der Waals surface area contributed by atoms with Gasteiger partial charge in [-0.3, -0.25) is 4.79 Å². The fourth-order valence-corrected chi connectivity index (χ4v) is 4.88. The fraction of sp³-hybridized carbons (Fsp3) is 0.450. The molecule has 1 amide bonds. The highest BCUT2D eigenvalue weighted by Crippen LogP contribution is 2.44. The van der Waals surface area contributed by atoms with Gasteiger partial charge >= 0.3 is 0 Å². The van der Waals surface area contributed by atoms with E-state index in [9.17, 15) is 4.79 Å². The van der Waals surface area contributed by atoms with E-state index in [2.05, 4.69) is 15.3 Å². The van der Waals surface area contributed by atoms with Crippen molar-refractivity contribution in [2.24, 2.45) is 11.8 Å². The van der Waals surface area contributed by atoms with Crippen LogP contribution in [0.5, 0.6) is 0 Å². The molecule has 130 valence electrons. The molecule has 2 aliphatic rings. The van der Waals surface area contributed by atoms with Gasteiger partial charge in [0.15, 0.2) is 5.16 Å². The molecule has 1 aromatic carbocycles. The Balaban J connectivity index is 1.37. The summed E-state index contributed by atoms with van der Waals surface area (Å²) in [5.74, 6) is 2.04. The van der Waals surface area contributed by atoms with Crippen molar-refractivity contribution in [1.82, 2.24) is 15.3 Å². The average molecular weight is 353 g/mol. The minimum Gasteiger partial charge on any atom is -0.352 e. The smallest absolute Gasteiger partial charge is 0.230 e. The average Bonchev–Trinajstić information content (AvgIpc) is 3.23. The molecule has 4 rings (SSSR count). The number of thioether (sulfide) groups is 1. The lowest BCUT2D eigenvalue weighted by molar-refractivity contribution is -0.119. The number of carbonyl (C=O) groups is 1. The van der Waals surface area contributed by atoms with Gasteiger partial charge in [-0.2, -0.15) is 0 Å². The number of carbonyl (C=O) groups excluding carboxylic acids is 1. The third-order valence-electron chi connectivity index (χ3n) is 5.32. The van der Waals surface area contributed by atoms with Gasteiger partial charge in [-0.1, -0.05) is 48.5 Å². The zero-order valence-electron chi connectivity index (χ0n) is 14.4. The van der Waals surface area contributed by atoms with Gasteiger partial charge in [0, 0.05) is 17.3 Å². The van der Waals surface area contributed by atoms with Crippen molar-refractivity contribution in [3.8, 4) is 11.3 Å². The molecular weight excluding hydrogens is 330 g/mol. The van der Waals surface area contributed by atoms with Crippen molar-refractivity contribution in [1.29, 1.82) is 0 Å². The van der Waals surface area contributed by atoms with E-state index in [4.69, 9.17) is 0 Å². The van der Waals surface area contributed by atoms with Crippen LogP contribution >= 0.6 is 11.8 Å². The Kier molecular flexibility index (Phi) is 4.75. The largest absolute Gasteiger partial charge is 0.352 e. The van der Waals surface area contributed by atoms with Crippen LogP contribution in [-0.4, -0.2) is 27.7 Å². The van der Waals surface area contributed by atoms with Crippen molar-refractivity contribution in [3.05, 3.63) is 42.1 Å². The predicted molar refractivity (Wildman–Crippen MR) is 100 cm³/mol. The molecule has 1 heterocycles. The summed E-state index contributed by atoms with van der Waals surface area (Å²) in [6, 6.07) is 12.5. The first-order valence-electron chi connectivity index (χ1n) is 9.00. The lowest BCUT2D eigenvalue weighted by Crippen LogP contribution is -2.39. The molecule has 2 bridgehead atoms. The maximum Gasteiger partial charge on any atom is 0.230 e. The van der Waals surface area contributed by atoms with E-state index in [0.717, 1.165) is 22.9 Å². The molecule has 1 N–H and O–H groups in total. The van der Waals surface area contributed by atoms with E-state index < -0.39 is 0 Å². The van der Waals surface area contributed by atoms with Crippen LogP contribution in [-0.2, 0) is 4.79 Å². The zero-order chi connectivity index (χ0) is 17.2. The summed E-state index contributed by atoms with van der Waals surface area (Å²) in [6.07, 6.45) is 5.11. The topological polar surface area (TPSA) is 54.9 Å². The van der Waals surface area contributed by atoms with Crippen LogP contribution in [0.1, 0.15) is 31.4 Å². The molecule has 2 saturated carbocycles. The molecule has 2 aromatic rings. The molecular formula is C20H23N3OS. The SMILES string of the molecule is Cc1cc(-c2ccccc2)nc(SCC(=O)N[C@@H]2C[C@@H]3CC[C@@H]2C3)n1. The number of nitrogens with zero attached hydrogens (tertiary/aromatic N) is 2. The van der Waals surface area contributed by atoms with E-state index in [1.165, 1.54) is 37.4 Å². The number of aromatic nitrogens is 2. The first-order chi connectivity index (χ1) is 12.2. The van der Waals surface area contributed by atoms with Crippen LogP contribution in [0.4, 0.5) is 0 Å². The number of aryl methyl sites for hydroxylation is 1. The van der Waals surface area contributed by atoms with Crippen molar-refractivity contribution in [3.63, 3.8) is 0 Å². The molecule has 25 heavy (non-hydrogen) atoms. The van der Waals surface area contributed by atoms with Crippen molar-refractivity contribution < 1.29 is 4.79 Å². The summed E-state index contributed by atoms with van der Waals surface area (Å²) in [5.41, 5.74) is 2.90. The summed E-state index contributed by atoms with van der Waals surface area (Å²) in [6.45, 7) is 1.97. The molecule has 3 atom stereocenters. The third-order valence-corrected chi connectivity index (χ3v) is 6.17. The quantitative estimate of drug-likeness (QED) is 0.655. The van der Waals surface area contributed by atoms with Gasteiger partial charge in [-0.05, 0) is 44.1 Å². The minimum absolute atomic E-state index is 0.105. The number of amides is 1. The molecule has 4 nitrogen and oxygen atoms in total. The predicted octanol–water partition coefficient (Wildman–Crippen LogP) is 3.85. The Hall–Kier alpha value is -1.88. The lowest BCUT2D eigenvalue weighted by atomic mass is 9.95. The van der Waals surface area contributed by atoms with Crippen LogP contribution in [0, 0.1) is 18.8 Å². The number of hydrogen-bond acceptors (Lipinski definition) is 4. The first kappa shape index (κ1) is 16.6. The Morgan fingerprint density at radius 2 is 2.04 bits per heavy atom. The van der Waals surface area contributed by atoms with E-state index in [-0.39, 0.29) is 5.91 Å².